The number of hydrogen-bond acceptors (Lipinski definition) is 6. The zero-order chi connectivity index (χ0) is 23.7. The zero-order valence-electron chi connectivity index (χ0n) is 18.5. The van der Waals surface area contributed by atoms with Gasteiger partial charge >= 0.3 is 0 Å². The van der Waals surface area contributed by atoms with Crippen molar-refractivity contribution in [1.82, 2.24) is 14.2 Å². The molecule has 1 aliphatic heterocycles. The molecule has 4 aromatic rings. The summed E-state index contributed by atoms with van der Waals surface area (Å²) < 4.78 is 10.4. The first-order chi connectivity index (χ1) is 16.5. The summed E-state index contributed by atoms with van der Waals surface area (Å²) >= 11 is 1.28. The molecular formula is C25H22N4O4S. The molecule has 8 nitrogen and oxygen atoms in total. The summed E-state index contributed by atoms with van der Waals surface area (Å²) in [6.07, 6.45) is 1.47. The predicted octanol–water partition coefficient (Wildman–Crippen LogP) is 4.05. The minimum atomic E-state index is -0.310. The number of aromatic nitrogens is 1. The van der Waals surface area contributed by atoms with Gasteiger partial charge in [-0.1, -0.05) is 24.3 Å². The molecule has 0 atom stereocenters. The predicted molar refractivity (Wildman–Crippen MR) is 129 cm³/mol. The maximum atomic E-state index is 13.1. The van der Waals surface area contributed by atoms with Crippen LogP contribution in [0, 0.1) is 6.92 Å². The van der Waals surface area contributed by atoms with Gasteiger partial charge in [-0.3, -0.25) is 14.4 Å². The molecule has 3 amide bonds. The molecule has 1 aliphatic rings. The molecule has 9 heteroatoms. The number of nitrogens with zero attached hydrogens (tertiary/aromatic N) is 3. The Hall–Kier alpha value is -3.98. The highest BCUT2D eigenvalue weighted by Crippen LogP contribution is 2.25. The highest BCUT2D eigenvalue weighted by Gasteiger charge is 2.27. The van der Waals surface area contributed by atoms with E-state index >= 15 is 0 Å². The van der Waals surface area contributed by atoms with Crippen molar-refractivity contribution in [1.29, 1.82) is 0 Å². The smallest absolute Gasteiger partial charge is 0.289 e. The first-order valence-corrected chi connectivity index (χ1v) is 11.7. The Kier molecular flexibility index (Phi) is 5.85. The van der Waals surface area contributed by atoms with Crippen molar-refractivity contribution < 1.29 is 18.8 Å². The highest BCUT2D eigenvalue weighted by atomic mass is 32.1. The van der Waals surface area contributed by atoms with Crippen LogP contribution in [-0.4, -0.2) is 58.1 Å². The number of nitrogens with one attached hydrogen (secondary N) is 1. The number of amides is 3. The van der Waals surface area contributed by atoms with Crippen LogP contribution in [0.1, 0.15) is 37.0 Å². The molecule has 1 fully saturated rings. The molecule has 0 saturated carbocycles. The quantitative estimate of drug-likeness (QED) is 0.482. The van der Waals surface area contributed by atoms with Gasteiger partial charge in [0.1, 0.15) is 5.69 Å². The Bertz CT molecular complexity index is 1370. The van der Waals surface area contributed by atoms with Gasteiger partial charge in [-0.05, 0) is 54.4 Å². The van der Waals surface area contributed by atoms with Crippen LogP contribution < -0.4 is 5.32 Å². The van der Waals surface area contributed by atoms with E-state index in [9.17, 15) is 14.4 Å². The topological polar surface area (TPSA) is 95.8 Å². The molecule has 5 rings (SSSR count). The number of fused-ring (bicyclic) bond motifs is 1. The summed E-state index contributed by atoms with van der Waals surface area (Å²) in [5, 5.41) is 3.71. The summed E-state index contributed by atoms with van der Waals surface area (Å²) in [7, 11) is 0. The Morgan fingerprint density at radius 1 is 0.941 bits per heavy atom. The Balaban J connectivity index is 1.27. The molecule has 0 spiro atoms. The fourth-order valence-electron chi connectivity index (χ4n) is 3.97. The van der Waals surface area contributed by atoms with Crippen molar-refractivity contribution in [3.63, 3.8) is 0 Å². The maximum absolute atomic E-state index is 13.1. The van der Waals surface area contributed by atoms with Crippen LogP contribution in [0.4, 0.5) is 5.69 Å². The second-order valence-corrected chi connectivity index (χ2v) is 8.88. The SMILES string of the molecule is Cc1ccc(C(=O)N2CCN(C(=O)c3ccco3)CC2)cc1NC(=O)c1nsc2ccccc12. The molecule has 0 aliphatic carbocycles. The van der Waals surface area contributed by atoms with Gasteiger partial charge in [-0.15, -0.1) is 0 Å². The first kappa shape index (κ1) is 21.8. The average Bonchev–Trinajstić information content (AvgIpc) is 3.55. The van der Waals surface area contributed by atoms with Crippen LogP contribution in [0.3, 0.4) is 0 Å². The summed E-state index contributed by atoms with van der Waals surface area (Å²) in [6.45, 7) is 3.58. The molecule has 172 valence electrons. The number of rotatable bonds is 4. The van der Waals surface area contributed by atoms with Crippen molar-refractivity contribution in [3.05, 3.63) is 83.4 Å². The molecule has 34 heavy (non-hydrogen) atoms. The van der Waals surface area contributed by atoms with Gasteiger partial charge in [0, 0.05) is 42.8 Å². The molecule has 0 bridgehead atoms. The van der Waals surface area contributed by atoms with Gasteiger partial charge in [0.2, 0.25) is 0 Å². The van der Waals surface area contributed by atoms with E-state index in [1.807, 2.05) is 37.3 Å². The zero-order valence-corrected chi connectivity index (χ0v) is 19.3. The van der Waals surface area contributed by atoms with Crippen LogP contribution in [0.15, 0.2) is 65.3 Å². The van der Waals surface area contributed by atoms with Gasteiger partial charge in [0.05, 0.1) is 11.0 Å². The number of furan rings is 1. The maximum Gasteiger partial charge on any atom is 0.289 e. The lowest BCUT2D eigenvalue weighted by molar-refractivity contribution is 0.0518. The van der Waals surface area contributed by atoms with Gasteiger partial charge in [0.25, 0.3) is 17.7 Å². The van der Waals surface area contributed by atoms with Crippen molar-refractivity contribution in [2.24, 2.45) is 0 Å². The molecule has 0 unspecified atom stereocenters. The standard InChI is InChI=1S/C25H22N4O4S/c1-16-8-9-17(15-19(16)26-23(30)22-18-5-2-3-7-21(18)34-27-22)24(31)28-10-12-29(13-11-28)25(32)20-6-4-14-33-20/h2-9,14-15H,10-13H2,1H3,(H,26,30). The van der Waals surface area contributed by atoms with E-state index in [1.165, 1.54) is 17.8 Å². The number of carbonyl (C=O) groups is 3. The molecule has 2 aromatic heterocycles. The number of aryl methyl sites for hydroxylation is 1. The average molecular weight is 475 g/mol. The normalized spacial score (nSPS) is 13.8. The Labute approximate surface area is 199 Å². The second kappa shape index (κ2) is 9.11. The molecule has 1 N–H and O–H groups in total. The van der Waals surface area contributed by atoms with E-state index in [0.29, 0.717) is 48.9 Å². The van der Waals surface area contributed by atoms with Gasteiger partial charge < -0.3 is 19.5 Å². The number of piperazine rings is 1. The van der Waals surface area contributed by atoms with Crippen molar-refractivity contribution in [2.45, 2.75) is 6.92 Å². The number of carbonyl (C=O) groups excluding carboxylic acids is 3. The minimum Gasteiger partial charge on any atom is -0.459 e. The third kappa shape index (κ3) is 4.17. The van der Waals surface area contributed by atoms with E-state index < -0.39 is 0 Å². The lowest BCUT2D eigenvalue weighted by Crippen LogP contribution is -2.50. The number of hydrogen-bond donors (Lipinski definition) is 1. The molecule has 0 radical (unpaired) electrons. The van der Waals surface area contributed by atoms with Gasteiger partial charge in [-0.25, -0.2) is 0 Å². The summed E-state index contributed by atoms with van der Waals surface area (Å²) in [5.41, 5.74) is 2.27. The van der Waals surface area contributed by atoms with Crippen molar-refractivity contribution >= 4 is 45.0 Å². The Morgan fingerprint density at radius 2 is 1.68 bits per heavy atom. The van der Waals surface area contributed by atoms with E-state index in [2.05, 4.69) is 9.69 Å². The van der Waals surface area contributed by atoms with E-state index in [-0.39, 0.29) is 17.7 Å². The fraction of sp³-hybridized carbons (Fsp3) is 0.200. The van der Waals surface area contributed by atoms with Crippen LogP contribution in [0.2, 0.25) is 0 Å². The minimum absolute atomic E-state index is 0.139. The summed E-state index contributed by atoms with van der Waals surface area (Å²) in [4.78, 5) is 41.9. The number of anilines is 1. The molecule has 1 saturated heterocycles. The third-order valence-corrected chi connectivity index (χ3v) is 6.74. The van der Waals surface area contributed by atoms with Crippen molar-refractivity contribution in [3.8, 4) is 0 Å². The fourth-order valence-corrected chi connectivity index (χ4v) is 4.75. The third-order valence-electron chi connectivity index (χ3n) is 5.91. The molecule has 3 heterocycles. The lowest BCUT2D eigenvalue weighted by atomic mass is 10.1. The summed E-state index contributed by atoms with van der Waals surface area (Å²) in [6, 6.07) is 16.2. The van der Waals surface area contributed by atoms with Crippen LogP contribution >= 0.6 is 11.5 Å². The van der Waals surface area contributed by atoms with Gasteiger partial charge in [-0.2, -0.15) is 4.37 Å². The highest BCUT2D eigenvalue weighted by molar-refractivity contribution is 7.13. The summed E-state index contributed by atoms with van der Waals surface area (Å²) in [5.74, 6) is -0.325. The van der Waals surface area contributed by atoms with Crippen molar-refractivity contribution in [2.75, 3.05) is 31.5 Å². The number of benzene rings is 2. The van der Waals surface area contributed by atoms with E-state index in [1.54, 1.807) is 34.1 Å². The van der Waals surface area contributed by atoms with E-state index in [0.717, 1.165) is 15.6 Å². The first-order valence-electron chi connectivity index (χ1n) is 10.9. The monoisotopic (exact) mass is 474 g/mol. The van der Waals surface area contributed by atoms with Crippen LogP contribution in [0.25, 0.3) is 10.1 Å². The lowest BCUT2D eigenvalue weighted by Gasteiger charge is -2.34. The Morgan fingerprint density at radius 3 is 2.41 bits per heavy atom. The molecular weight excluding hydrogens is 452 g/mol. The second-order valence-electron chi connectivity index (χ2n) is 8.07. The van der Waals surface area contributed by atoms with E-state index in [4.69, 9.17) is 4.42 Å². The van der Waals surface area contributed by atoms with Crippen LogP contribution in [-0.2, 0) is 0 Å². The van der Waals surface area contributed by atoms with Gasteiger partial charge in [0.15, 0.2) is 5.76 Å². The molecule has 2 aromatic carbocycles. The van der Waals surface area contributed by atoms with Crippen LogP contribution in [0.5, 0.6) is 0 Å². The largest absolute Gasteiger partial charge is 0.459 e.